The first-order valence-electron chi connectivity index (χ1n) is 5.39. The number of aromatic nitrogens is 2. The van der Waals surface area contributed by atoms with Gasteiger partial charge in [0, 0.05) is 11.9 Å². The van der Waals surface area contributed by atoms with Gasteiger partial charge in [-0.15, -0.1) is 5.10 Å². The van der Waals surface area contributed by atoms with E-state index in [0.717, 1.165) is 18.8 Å². The molecule has 1 aromatic heterocycles. The molecule has 0 fully saturated rings. The van der Waals surface area contributed by atoms with Crippen LogP contribution in [0, 0.1) is 0 Å². The lowest BCUT2D eigenvalue weighted by molar-refractivity contribution is 0.594. The molecule has 0 amide bonds. The van der Waals surface area contributed by atoms with Crippen molar-refractivity contribution in [3.8, 4) is 0 Å². The molecule has 0 aliphatic carbocycles. The average Bonchev–Trinajstić information content (AvgIpc) is 2.75. The van der Waals surface area contributed by atoms with Gasteiger partial charge in [0.1, 0.15) is 0 Å². The normalized spacial score (nSPS) is 10.7. The monoisotopic (exact) mass is 245 g/mol. The third kappa shape index (κ3) is 6.87. The quantitative estimate of drug-likeness (QED) is 0.679. The summed E-state index contributed by atoms with van der Waals surface area (Å²) < 4.78 is 3.82. The van der Waals surface area contributed by atoms with E-state index in [0.29, 0.717) is 0 Å². The maximum Gasteiger partial charge on any atom is 0.0893 e. The molecule has 0 spiro atoms. The largest absolute Gasteiger partial charge is 0.311 e. The minimum absolute atomic E-state index is 0.862. The van der Waals surface area contributed by atoms with Crippen molar-refractivity contribution in [1.29, 1.82) is 0 Å². The SMILES string of the molecule is CSCCCCCCNCc1csnn1. The van der Waals surface area contributed by atoms with E-state index in [1.54, 1.807) is 0 Å². The molecule has 0 saturated carbocycles. The smallest absolute Gasteiger partial charge is 0.0893 e. The van der Waals surface area contributed by atoms with Crippen LogP contribution in [0.2, 0.25) is 0 Å². The van der Waals surface area contributed by atoms with Crippen LogP contribution in [0.5, 0.6) is 0 Å². The second-order valence-electron chi connectivity index (χ2n) is 3.48. The molecule has 15 heavy (non-hydrogen) atoms. The Balaban J connectivity index is 1.81. The molecule has 1 rings (SSSR count). The molecule has 0 aliphatic heterocycles. The topological polar surface area (TPSA) is 37.8 Å². The molecule has 3 nitrogen and oxygen atoms in total. The van der Waals surface area contributed by atoms with Crippen molar-refractivity contribution >= 4 is 23.3 Å². The van der Waals surface area contributed by atoms with E-state index in [9.17, 15) is 0 Å². The molecular formula is C10H19N3S2. The van der Waals surface area contributed by atoms with Gasteiger partial charge in [-0.25, -0.2) is 0 Å². The summed E-state index contributed by atoms with van der Waals surface area (Å²) in [7, 11) is 0. The highest BCUT2D eigenvalue weighted by atomic mass is 32.2. The van der Waals surface area contributed by atoms with E-state index < -0.39 is 0 Å². The van der Waals surface area contributed by atoms with Crippen molar-refractivity contribution < 1.29 is 0 Å². The molecule has 5 heteroatoms. The molecule has 0 bridgehead atoms. The minimum Gasteiger partial charge on any atom is -0.311 e. The molecule has 0 saturated heterocycles. The maximum absolute atomic E-state index is 3.98. The predicted molar refractivity (Wildman–Crippen MR) is 68.5 cm³/mol. The van der Waals surface area contributed by atoms with Gasteiger partial charge in [-0.1, -0.05) is 17.3 Å². The number of hydrogen-bond donors (Lipinski definition) is 1. The third-order valence-corrected chi connectivity index (χ3v) is 3.41. The predicted octanol–water partition coefficient (Wildman–Crippen LogP) is 2.55. The summed E-state index contributed by atoms with van der Waals surface area (Å²) in [6, 6.07) is 0. The van der Waals surface area contributed by atoms with E-state index in [2.05, 4.69) is 21.2 Å². The van der Waals surface area contributed by atoms with E-state index >= 15 is 0 Å². The summed E-state index contributed by atoms with van der Waals surface area (Å²) in [4.78, 5) is 0. The van der Waals surface area contributed by atoms with Crippen molar-refractivity contribution in [1.82, 2.24) is 14.9 Å². The van der Waals surface area contributed by atoms with Crippen molar-refractivity contribution in [3.05, 3.63) is 11.1 Å². The summed E-state index contributed by atoms with van der Waals surface area (Å²) in [6.07, 6.45) is 7.50. The molecule has 0 aromatic carbocycles. The highest BCUT2D eigenvalue weighted by Crippen LogP contribution is 2.04. The van der Waals surface area contributed by atoms with E-state index in [1.807, 2.05) is 17.1 Å². The standard InChI is InChI=1S/C10H19N3S2/c1-14-7-5-3-2-4-6-11-8-10-9-15-13-12-10/h9,11H,2-8H2,1H3. The van der Waals surface area contributed by atoms with Crippen LogP contribution in [0.4, 0.5) is 0 Å². The third-order valence-electron chi connectivity index (χ3n) is 2.16. The lowest BCUT2D eigenvalue weighted by Gasteiger charge is -2.02. The van der Waals surface area contributed by atoms with Crippen LogP contribution in [-0.2, 0) is 6.54 Å². The van der Waals surface area contributed by atoms with Crippen LogP contribution in [0.1, 0.15) is 31.4 Å². The van der Waals surface area contributed by atoms with Gasteiger partial charge in [-0.05, 0) is 42.9 Å². The Morgan fingerprint density at radius 2 is 2.20 bits per heavy atom. The van der Waals surface area contributed by atoms with Gasteiger partial charge in [0.15, 0.2) is 0 Å². The molecule has 1 N–H and O–H groups in total. The fourth-order valence-electron chi connectivity index (χ4n) is 1.33. The van der Waals surface area contributed by atoms with Crippen molar-refractivity contribution in [2.75, 3.05) is 18.6 Å². The molecule has 0 unspecified atom stereocenters. The van der Waals surface area contributed by atoms with E-state index in [4.69, 9.17) is 0 Å². The molecule has 0 aliphatic rings. The maximum atomic E-state index is 3.98. The van der Waals surface area contributed by atoms with Crippen LogP contribution in [0.3, 0.4) is 0 Å². The summed E-state index contributed by atoms with van der Waals surface area (Å²) in [5, 5.41) is 9.35. The first-order chi connectivity index (χ1) is 7.43. The summed E-state index contributed by atoms with van der Waals surface area (Å²) in [5.74, 6) is 1.30. The van der Waals surface area contributed by atoms with Crippen molar-refractivity contribution in [2.24, 2.45) is 0 Å². The fourth-order valence-corrected chi connectivity index (χ4v) is 2.27. The van der Waals surface area contributed by atoms with Crippen LogP contribution in [0.15, 0.2) is 5.38 Å². The van der Waals surface area contributed by atoms with Crippen LogP contribution >= 0.6 is 23.3 Å². The Morgan fingerprint density at radius 1 is 1.33 bits per heavy atom. The van der Waals surface area contributed by atoms with Crippen molar-refractivity contribution in [2.45, 2.75) is 32.2 Å². The van der Waals surface area contributed by atoms with Gasteiger partial charge in [-0.3, -0.25) is 0 Å². The van der Waals surface area contributed by atoms with Crippen LogP contribution < -0.4 is 5.32 Å². The van der Waals surface area contributed by atoms with E-state index in [-0.39, 0.29) is 0 Å². The summed E-state index contributed by atoms with van der Waals surface area (Å²) in [5.41, 5.74) is 1.06. The Morgan fingerprint density at radius 3 is 2.93 bits per heavy atom. The second kappa shape index (κ2) is 9.12. The van der Waals surface area contributed by atoms with Gasteiger partial charge in [-0.2, -0.15) is 11.8 Å². The first-order valence-corrected chi connectivity index (χ1v) is 7.62. The summed E-state index contributed by atoms with van der Waals surface area (Å²) in [6.45, 7) is 1.96. The van der Waals surface area contributed by atoms with Crippen molar-refractivity contribution in [3.63, 3.8) is 0 Å². The lowest BCUT2D eigenvalue weighted by atomic mass is 10.2. The minimum atomic E-state index is 0.862. The number of nitrogens with one attached hydrogen (secondary N) is 1. The molecule has 0 atom stereocenters. The number of rotatable bonds is 9. The number of thioether (sulfide) groups is 1. The molecule has 0 radical (unpaired) electrons. The second-order valence-corrected chi connectivity index (χ2v) is 5.08. The molecule has 86 valence electrons. The molecule has 1 heterocycles. The number of unbranched alkanes of at least 4 members (excludes halogenated alkanes) is 3. The molecular weight excluding hydrogens is 226 g/mol. The summed E-state index contributed by atoms with van der Waals surface area (Å²) >= 11 is 3.35. The zero-order valence-corrected chi connectivity index (χ0v) is 10.9. The average molecular weight is 245 g/mol. The number of nitrogens with zero attached hydrogens (tertiary/aromatic N) is 2. The highest BCUT2D eigenvalue weighted by molar-refractivity contribution is 7.98. The Labute approximate surface area is 100 Å². The van der Waals surface area contributed by atoms with Gasteiger partial charge >= 0.3 is 0 Å². The van der Waals surface area contributed by atoms with Crippen LogP contribution in [-0.4, -0.2) is 28.1 Å². The van der Waals surface area contributed by atoms with Crippen LogP contribution in [0.25, 0.3) is 0 Å². The molecule has 1 aromatic rings. The van der Waals surface area contributed by atoms with Gasteiger partial charge in [0.2, 0.25) is 0 Å². The highest BCUT2D eigenvalue weighted by Gasteiger charge is 1.94. The first kappa shape index (κ1) is 12.9. The Kier molecular flexibility index (Phi) is 7.87. The number of hydrogen-bond acceptors (Lipinski definition) is 5. The lowest BCUT2D eigenvalue weighted by Crippen LogP contribution is -2.14. The fraction of sp³-hybridized carbons (Fsp3) is 0.800. The zero-order chi connectivity index (χ0) is 10.8. The van der Waals surface area contributed by atoms with Gasteiger partial charge < -0.3 is 5.32 Å². The van der Waals surface area contributed by atoms with E-state index in [1.165, 1.54) is 43.0 Å². The Bertz CT molecular complexity index is 227. The zero-order valence-electron chi connectivity index (χ0n) is 9.24. The van der Waals surface area contributed by atoms with Gasteiger partial charge in [0.05, 0.1) is 5.69 Å². The Hall–Kier alpha value is -0.130. The van der Waals surface area contributed by atoms with Gasteiger partial charge in [0.25, 0.3) is 0 Å².